The number of alkyl halides is 2. The van der Waals surface area contributed by atoms with Gasteiger partial charge in [-0.15, -0.1) is 0 Å². The van der Waals surface area contributed by atoms with Crippen LogP contribution in [0.25, 0.3) is 0 Å². The topological polar surface area (TPSA) is 119 Å². The summed E-state index contributed by atoms with van der Waals surface area (Å²) in [4.78, 5) is 25.4. The molecule has 0 aliphatic carbocycles. The van der Waals surface area contributed by atoms with E-state index in [0.717, 1.165) is 32.1 Å². The molecule has 6 N–H and O–H groups in total. The molecular weight excluding hydrogens is 329 g/mol. The number of rotatable bonds is 2. The van der Waals surface area contributed by atoms with Crippen LogP contribution in [0, 0.1) is 0 Å². The Bertz CT molecular complexity index is 308. The van der Waals surface area contributed by atoms with Crippen LogP contribution >= 0.6 is 23.2 Å². The van der Waals surface area contributed by atoms with Crippen molar-refractivity contribution in [3.63, 3.8) is 0 Å². The second kappa shape index (κ2) is 14.2. The number of nitrogens with zero attached hydrogens (tertiary/aromatic N) is 2. The van der Waals surface area contributed by atoms with E-state index >= 15 is 0 Å². The lowest BCUT2D eigenvalue weighted by Gasteiger charge is -2.41. The van der Waals surface area contributed by atoms with Crippen LogP contribution in [-0.2, 0) is 9.59 Å². The molecule has 0 radical (unpaired) electrons. The summed E-state index contributed by atoms with van der Waals surface area (Å²) in [6.45, 7) is 1.55. The van der Waals surface area contributed by atoms with Crippen molar-refractivity contribution in [3.05, 3.63) is 0 Å². The summed E-state index contributed by atoms with van der Waals surface area (Å²) in [5.41, 5.74) is 13.5. The van der Waals surface area contributed by atoms with Gasteiger partial charge in [-0.2, -0.15) is 0 Å². The molecule has 2 aliphatic rings. The molecule has 2 atom stereocenters. The molecule has 0 aromatic heterocycles. The zero-order chi connectivity index (χ0) is 17.7. The Morgan fingerprint density at radius 1 is 1.09 bits per heavy atom. The van der Waals surface area contributed by atoms with E-state index in [0.29, 0.717) is 6.54 Å². The van der Waals surface area contributed by atoms with Crippen molar-refractivity contribution in [1.82, 2.24) is 9.80 Å². The molecule has 2 heterocycles. The molecule has 132 valence electrons. The van der Waals surface area contributed by atoms with Gasteiger partial charge in [0.1, 0.15) is 6.29 Å². The predicted octanol–water partition coefficient (Wildman–Crippen LogP) is -0.263. The van der Waals surface area contributed by atoms with Crippen molar-refractivity contribution in [2.24, 2.45) is 17.2 Å². The lowest BCUT2D eigenvalue weighted by atomic mass is 10.2. The van der Waals surface area contributed by atoms with Gasteiger partial charge in [-0.25, -0.2) is 0 Å². The summed E-state index contributed by atoms with van der Waals surface area (Å²) in [6.07, 6.45) is 3.49. The van der Waals surface area contributed by atoms with E-state index in [2.05, 4.69) is 22.1 Å². The Morgan fingerprint density at radius 3 is 2.09 bits per heavy atom. The fraction of sp³-hybridized carbons (Fsp3) is 0.846. The fourth-order valence-corrected chi connectivity index (χ4v) is 2.87. The molecule has 2 aliphatic heterocycles. The molecule has 0 spiro atoms. The van der Waals surface area contributed by atoms with E-state index in [1.807, 2.05) is 0 Å². The van der Waals surface area contributed by atoms with Crippen molar-refractivity contribution in [2.45, 2.75) is 36.3 Å². The summed E-state index contributed by atoms with van der Waals surface area (Å²) in [5, 5.41) is 0. The van der Waals surface area contributed by atoms with E-state index in [1.165, 1.54) is 21.1 Å². The first-order valence-corrected chi connectivity index (χ1v) is 8.05. The Hall–Kier alpha value is -0.440. The van der Waals surface area contributed by atoms with E-state index in [9.17, 15) is 9.59 Å². The van der Waals surface area contributed by atoms with Gasteiger partial charge in [0.15, 0.2) is 4.84 Å². The second-order valence-corrected chi connectivity index (χ2v) is 5.28. The number of hydrogen-bond donors (Lipinski definition) is 3. The Labute approximate surface area is 143 Å². The fourth-order valence-electron chi connectivity index (χ4n) is 2.62. The average Bonchev–Trinajstić information content (AvgIpc) is 3.02. The SMILES string of the molecule is CN.CN.CN.O=CC1CCC2N(C(=O)C(Cl)Cl)CCCN12. The van der Waals surface area contributed by atoms with Gasteiger partial charge in [-0.05, 0) is 40.4 Å². The van der Waals surface area contributed by atoms with E-state index in [4.69, 9.17) is 23.2 Å². The minimum Gasteiger partial charge on any atom is -0.333 e. The molecule has 22 heavy (non-hydrogen) atoms. The number of hydrogen-bond acceptors (Lipinski definition) is 6. The Kier molecular flexibility index (Phi) is 15.3. The monoisotopic (exact) mass is 357 g/mol. The van der Waals surface area contributed by atoms with Gasteiger partial charge < -0.3 is 26.9 Å². The summed E-state index contributed by atoms with van der Waals surface area (Å²) >= 11 is 11.2. The highest BCUT2D eigenvalue weighted by Gasteiger charge is 2.41. The number of carbonyl (C=O) groups is 2. The van der Waals surface area contributed by atoms with Gasteiger partial charge in [0, 0.05) is 13.1 Å². The molecule has 2 unspecified atom stereocenters. The molecule has 0 aromatic rings. The molecule has 0 aromatic carbocycles. The van der Waals surface area contributed by atoms with Gasteiger partial charge in [-0.3, -0.25) is 9.69 Å². The zero-order valence-electron chi connectivity index (χ0n) is 13.5. The first-order chi connectivity index (χ1) is 10.6. The number of amides is 1. The summed E-state index contributed by atoms with van der Waals surface area (Å²) in [6, 6.07) is -0.0512. The van der Waals surface area contributed by atoms with Crippen LogP contribution in [0.1, 0.15) is 19.3 Å². The van der Waals surface area contributed by atoms with Gasteiger partial charge in [0.2, 0.25) is 0 Å². The third kappa shape index (κ3) is 6.36. The maximum absolute atomic E-state index is 11.8. The standard InChI is InChI=1S/C10H14Cl2N2O2.3CH5N/c11-9(12)10(16)14-5-1-4-13-7(6-15)2-3-8(13)14;3*1-2/h6-9H,1-5H2;3*2H2,1H3. The quantitative estimate of drug-likeness (QED) is 0.462. The molecule has 0 bridgehead atoms. The first-order valence-electron chi connectivity index (χ1n) is 7.18. The van der Waals surface area contributed by atoms with Crippen LogP contribution in [0.4, 0.5) is 0 Å². The molecular formula is C13H29Cl2N5O2. The summed E-state index contributed by atoms with van der Waals surface area (Å²) < 4.78 is 0. The van der Waals surface area contributed by atoms with Gasteiger partial charge in [0.05, 0.1) is 12.2 Å². The Morgan fingerprint density at radius 2 is 1.64 bits per heavy atom. The lowest BCUT2D eigenvalue weighted by molar-refractivity contribution is -0.139. The molecule has 9 heteroatoms. The minimum atomic E-state index is -1.00. The van der Waals surface area contributed by atoms with Crippen molar-refractivity contribution in [2.75, 3.05) is 34.2 Å². The third-order valence-corrected chi connectivity index (χ3v) is 3.70. The molecule has 7 nitrogen and oxygen atoms in total. The van der Waals surface area contributed by atoms with E-state index in [1.54, 1.807) is 4.90 Å². The highest BCUT2D eigenvalue weighted by atomic mass is 35.5. The van der Waals surface area contributed by atoms with E-state index < -0.39 is 4.84 Å². The molecule has 2 saturated heterocycles. The number of carbonyl (C=O) groups excluding carboxylic acids is 2. The first kappa shape index (κ1) is 23.8. The number of aldehydes is 1. The Balaban J connectivity index is 0. The van der Waals surface area contributed by atoms with E-state index in [-0.39, 0.29) is 18.1 Å². The molecule has 2 fully saturated rings. The second-order valence-electron chi connectivity index (χ2n) is 4.19. The molecule has 2 rings (SSSR count). The van der Waals surface area contributed by atoms with Crippen molar-refractivity contribution < 1.29 is 9.59 Å². The molecule has 0 saturated carbocycles. The van der Waals surface area contributed by atoms with Crippen molar-refractivity contribution in [1.29, 1.82) is 0 Å². The minimum absolute atomic E-state index is 0.0106. The number of fused-ring (bicyclic) bond motifs is 1. The van der Waals surface area contributed by atoms with Crippen LogP contribution in [0.15, 0.2) is 0 Å². The van der Waals surface area contributed by atoms with Crippen LogP contribution in [0.5, 0.6) is 0 Å². The third-order valence-electron chi connectivity index (χ3n) is 3.33. The predicted molar refractivity (Wildman–Crippen MR) is 91.7 cm³/mol. The lowest BCUT2D eigenvalue weighted by Crippen LogP contribution is -2.56. The van der Waals surface area contributed by atoms with Gasteiger partial charge in [0.25, 0.3) is 5.91 Å². The van der Waals surface area contributed by atoms with Crippen LogP contribution < -0.4 is 17.2 Å². The highest BCUT2D eigenvalue weighted by Crippen LogP contribution is 2.30. The van der Waals surface area contributed by atoms with Crippen LogP contribution in [-0.4, -0.2) is 73.3 Å². The normalized spacial score (nSPS) is 23.0. The smallest absolute Gasteiger partial charge is 0.257 e. The summed E-state index contributed by atoms with van der Waals surface area (Å²) in [5.74, 6) is -0.246. The maximum atomic E-state index is 11.8. The zero-order valence-corrected chi connectivity index (χ0v) is 15.1. The maximum Gasteiger partial charge on any atom is 0.257 e. The van der Waals surface area contributed by atoms with Gasteiger partial charge in [-0.1, -0.05) is 23.2 Å². The highest BCUT2D eigenvalue weighted by molar-refractivity contribution is 6.53. The number of halogens is 2. The van der Waals surface area contributed by atoms with Crippen LogP contribution in [0.2, 0.25) is 0 Å². The number of nitrogens with two attached hydrogens (primary N) is 3. The molecule has 1 amide bonds. The van der Waals surface area contributed by atoms with Crippen molar-refractivity contribution in [3.8, 4) is 0 Å². The average molecular weight is 358 g/mol. The van der Waals surface area contributed by atoms with Crippen molar-refractivity contribution >= 4 is 35.4 Å². The summed E-state index contributed by atoms with van der Waals surface area (Å²) in [7, 11) is 4.50. The van der Waals surface area contributed by atoms with Crippen LogP contribution in [0.3, 0.4) is 0 Å². The van der Waals surface area contributed by atoms with Gasteiger partial charge >= 0.3 is 0 Å². The largest absolute Gasteiger partial charge is 0.333 e.